The van der Waals surface area contributed by atoms with Gasteiger partial charge in [-0.25, -0.2) is 0 Å². The maximum Gasteiger partial charge on any atom is 0.0666 e. The van der Waals surface area contributed by atoms with Gasteiger partial charge < -0.3 is 9.84 Å². The molecule has 14 heavy (non-hydrogen) atoms. The summed E-state index contributed by atoms with van der Waals surface area (Å²) in [6.07, 6.45) is 8.31. The first-order valence-electron chi connectivity index (χ1n) is 6.11. The fraction of sp³-hybridized carbons (Fsp3) is 1.00. The zero-order chi connectivity index (χ0) is 9.60. The van der Waals surface area contributed by atoms with Crippen molar-refractivity contribution >= 4 is 0 Å². The van der Waals surface area contributed by atoms with Crippen LogP contribution in [0.5, 0.6) is 0 Å². The minimum absolute atomic E-state index is 0.393. The van der Waals surface area contributed by atoms with Gasteiger partial charge in [0.2, 0.25) is 0 Å². The van der Waals surface area contributed by atoms with E-state index in [9.17, 15) is 5.11 Å². The van der Waals surface area contributed by atoms with Crippen LogP contribution in [0.15, 0.2) is 0 Å². The van der Waals surface area contributed by atoms with E-state index in [0.717, 1.165) is 6.61 Å². The van der Waals surface area contributed by atoms with E-state index in [4.69, 9.17) is 4.74 Å². The van der Waals surface area contributed by atoms with Crippen molar-refractivity contribution in [3.05, 3.63) is 0 Å². The number of ether oxygens (including phenoxy) is 1. The van der Waals surface area contributed by atoms with Crippen LogP contribution in [0.4, 0.5) is 0 Å². The van der Waals surface area contributed by atoms with Crippen LogP contribution in [0.1, 0.15) is 38.5 Å². The van der Waals surface area contributed by atoms with Gasteiger partial charge in [-0.1, -0.05) is 12.8 Å². The van der Waals surface area contributed by atoms with E-state index in [-0.39, 0.29) is 0 Å². The average Bonchev–Trinajstić information content (AvgIpc) is 2.69. The Morgan fingerprint density at radius 1 is 1.21 bits per heavy atom. The zero-order valence-electron chi connectivity index (χ0n) is 8.74. The Kier molecular flexibility index (Phi) is 2.10. The number of aliphatic hydroxyl groups is 1. The summed E-state index contributed by atoms with van der Waals surface area (Å²) >= 11 is 0. The third-order valence-corrected chi connectivity index (χ3v) is 4.92. The normalized spacial score (nSPS) is 44.8. The first-order valence-corrected chi connectivity index (χ1v) is 6.11. The number of aliphatic hydroxyl groups excluding tert-OH is 1. The zero-order valence-corrected chi connectivity index (χ0v) is 8.74. The molecule has 0 aromatic rings. The van der Waals surface area contributed by atoms with Crippen molar-refractivity contribution in [1.82, 2.24) is 0 Å². The van der Waals surface area contributed by atoms with Crippen LogP contribution in [0.25, 0.3) is 0 Å². The molecule has 80 valence electrons. The predicted molar refractivity (Wildman–Crippen MR) is 53.9 cm³/mol. The van der Waals surface area contributed by atoms with Gasteiger partial charge in [-0.3, -0.25) is 0 Å². The Balaban J connectivity index is 1.82. The van der Waals surface area contributed by atoms with E-state index >= 15 is 0 Å². The third kappa shape index (κ3) is 0.989. The Hall–Kier alpha value is -0.0800. The fourth-order valence-electron chi connectivity index (χ4n) is 4.33. The van der Waals surface area contributed by atoms with Gasteiger partial charge in [0.15, 0.2) is 0 Å². The van der Waals surface area contributed by atoms with E-state index < -0.39 is 0 Å². The first-order chi connectivity index (χ1) is 6.88. The van der Waals surface area contributed by atoms with Crippen LogP contribution in [0.2, 0.25) is 0 Å². The van der Waals surface area contributed by atoms with Gasteiger partial charge in [-0.2, -0.15) is 0 Å². The van der Waals surface area contributed by atoms with E-state index in [1.54, 1.807) is 0 Å². The lowest BCUT2D eigenvalue weighted by molar-refractivity contribution is -0.237. The lowest BCUT2D eigenvalue weighted by Crippen LogP contribution is -2.63. The van der Waals surface area contributed by atoms with Gasteiger partial charge >= 0.3 is 0 Å². The highest BCUT2D eigenvalue weighted by molar-refractivity contribution is 5.11. The highest BCUT2D eigenvalue weighted by Gasteiger charge is 2.62. The molecule has 2 nitrogen and oxygen atoms in total. The van der Waals surface area contributed by atoms with Crippen molar-refractivity contribution in [2.75, 3.05) is 13.2 Å². The quantitative estimate of drug-likeness (QED) is 0.694. The van der Waals surface area contributed by atoms with Crippen LogP contribution in [-0.2, 0) is 4.74 Å². The fourth-order valence-corrected chi connectivity index (χ4v) is 4.33. The summed E-state index contributed by atoms with van der Waals surface area (Å²) in [6, 6.07) is 0. The molecule has 0 radical (unpaired) electrons. The average molecular weight is 196 g/mol. The minimum atomic E-state index is 0.393. The van der Waals surface area contributed by atoms with Crippen molar-refractivity contribution in [2.45, 2.75) is 44.6 Å². The maximum atomic E-state index is 9.50. The van der Waals surface area contributed by atoms with Crippen molar-refractivity contribution in [1.29, 1.82) is 0 Å². The third-order valence-electron chi connectivity index (χ3n) is 4.92. The molecular formula is C12H20O2. The largest absolute Gasteiger partial charge is 0.396 e. The molecule has 0 aromatic carbocycles. The summed E-state index contributed by atoms with van der Waals surface area (Å²) in [5.41, 5.74) is 0.403. The molecule has 0 unspecified atom stereocenters. The maximum absolute atomic E-state index is 9.50. The van der Waals surface area contributed by atoms with E-state index in [1.807, 2.05) is 0 Å². The smallest absolute Gasteiger partial charge is 0.0666 e. The highest BCUT2D eigenvalue weighted by atomic mass is 16.5. The van der Waals surface area contributed by atoms with Crippen LogP contribution in [0, 0.1) is 17.3 Å². The van der Waals surface area contributed by atoms with Crippen LogP contribution in [-0.4, -0.2) is 24.4 Å². The molecule has 1 saturated heterocycles. The summed E-state index contributed by atoms with van der Waals surface area (Å²) in [5, 5.41) is 9.50. The molecule has 0 aromatic heterocycles. The Bertz CT molecular complexity index is 212. The van der Waals surface area contributed by atoms with Gasteiger partial charge in [0.05, 0.1) is 6.10 Å². The van der Waals surface area contributed by atoms with E-state index in [0.29, 0.717) is 30.0 Å². The highest BCUT2D eigenvalue weighted by Crippen LogP contribution is 2.63. The van der Waals surface area contributed by atoms with Crippen molar-refractivity contribution < 1.29 is 9.84 Å². The summed E-state index contributed by atoms with van der Waals surface area (Å²) in [5.74, 6) is 1.25. The number of hydrogen-bond donors (Lipinski definition) is 1. The second kappa shape index (κ2) is 3.21. The van der Waals surface area contributed by atoms with Gasteiger partial charge in [-0.15, -0.1) is 0 Å². The molecule has 1 N–H and O–H groups in total. The molecule has 1 aliphatic heterocycles. The van der Waals surface area contributed by atoms with Crippen molar-refractivity contribution in [3.63, 3.8) is 0 Å². The molecular weight excluding hydrogens is 176 g/mol. The molecule has 0 bridgehead atoms. The first kappa shape index (κ1) is 9.17. The molecule has 3 atom stereocenters. The Labute approximate surface area is 85.6 Å². The second-order valence-electron chi connectivity index (χ2n) is 5.33. The Morgan fingerprint density at radius 3 is 2.71 bits per heavy atom. The van der Waals surface area contributed by atoms with Crippen LogP contribution < -0.4 is 0 Å². The van der Waals surface area contributed by atoms with Crippen molar-refractivity contribution in [3.8, 4) is 0 Å². The standard InChI is InChI=1S/C12H20O2/c13-8-10-9-4-3-7-14-11(9)12(10)5-1-2-6-12/h9-11,13H,1-8H2/t9-,10-,11+/m1/s1. The van der Waals surface area contributed by atoms with E-state index in [2.05, 4.69) is 0 Å². The van der Waals surface area contributed by atoms with Gasteiger partial charge in [0.25, 0.3) is 0 Å². The van der Waals surface area contributed by atoms with Crippen LogP contribution in [0.3, 0.4) is 0 Å². The minimum Gasteiger partial charge on any atom is -0.396 e. The summed E-state index contributed by atoms with van der Waals surface area (Å²) in [4.78, 5) is 0. The number of fused-ring (bicyclic) bond motifs is 2. The molecule has 2 heteroatoms. The number of rotatable bonds is 1. The molecule has 2 aliphatic carbocycles. The van der Waals surface area contributed by atoms with Crippen LogP contribution >= 0.6 is 0 Å². The van der Waals surface area contributed by atoms with Gasteiger partial charge in [0.1, 0.15) is 0 Å². The van der Waals surface area contributed by atoms with E-state index in [1.165, 1.54) is 38.5 Å². The number of hydrogen-bond acceptors (Lipinski definition) is 2. The SMILES string of the molecule is OC[C@@H]1[C@H]2CCCO[C@@H]2C12CCCC2. The lowest BCUT2D eigenvalue weighted by Gasteiger charge is -2.61. The summed E-state index contributed by atoms with van der Waals surface area (Å²) in [7, 11) is 0. The molecule has 1 spiro atoms. The predicted octanol–water partition coefficient (Wildman–Crippen LogP) is 1.96. The molecule has 0 amide bonds. The molecule has 3 rings (SSSR count). The topological polar surface area (TPSA) is 29.5 Å². The Morgan fingerprint density at radius 2 is 2.00 bits per heavy atom. The molecule has 3 aliphatic rings. The molecule has 2 saturated carbocycles. The molecule has 1 heterocycles. The molecule has 3 fully saturated rings. The summed E-state index contributed by atoms with van der Waals surface area (Å²) in [6.45, 7) is 1.35. The van der Waals surface area contributed by atoms with Crippen molar-refractivity contribution in [2.24, 2.45) is 17.3 Å². The van der Waals surface area contributed by atoms with Gasteiger partial charge in [-0.05, 0) is 37.5 Å². The monoisotopic (exact) mass is 196 g/mol. The lowest BCUT2D eigenvalue weighted by atomic mass is 9.49. The van der Waals surface area contributed by atoms with Gasteiger partial charge in [0, 0.05) is 18.6 Å². The summed E-state index contributed by atoms with van der Waals surface area (Å²) < 4.78 is 5.94. The second-order valence-corrected chi connectivity index (χ2v) is 5.33.